The number of rotatable bonds is 18. The van der Waals surface area contributed by atoms with Crippen molar-refractivity contribution >= 4 is 84.2 Å². The van der Waals surface area contributed by atoms with E-state index in [-0.39, 0.29) is 47.4 Å². The topological polar surface area (TPSA) is 181 Å². The fraction of sp³-hybridized carbons (Fsp3) is 0.408. The predicted molar refractivity (Wildman–Crippen MR) is 260 cm³/mol. The summed E-state index contributed by atoms with van der Waals surface area (Å²) in [6.07, 6.45) is 6.16. The van der Waals surface area contributed by atoms with Crippen LogP contribution in [0.5, 0.6) is 17.2 Å². The summed E-state index contributed by atoms with van der Waals surface area (Å²) >= 11 is 0. The molecule has 0 aliphatic carbocycles. The molecule has 4 aliphatic heterocycles. The van der Waals surface area contributed by atoms with Gasteiger partial charge in [0, 0.05) is 65.0 Å². The Balaban J connectivity index is 0.840. The Kier molecular flexibility index (Phi) is 13.9. The minimum atomic E-state index is -4.45. The third-order valence-corrected chi connectivity index (χ3v) is 17.2. The number of amides is 3. The maximum atomic E-state index is 14.2. The van der Waals surface area contributed by atoms with Crippen LogP contribution in [0.1, 0.15) is 95.8 Å². The number of methoxy groups -OCH3 is 1. The molecule has 0 bridgehead atoms. The number of hydrogen-bond donors (Lipinski definition) is 2. The number of ether oxygens (including phenoxy) is 3. The highest BCUT2D eigenvalue weighted by molar-refractivity contribution is 8.77. The van der Waals surface area contributed by atoms with E-state index in [1.807, 2.05) is 74.2 Å². The summed E-state index contributed by atoms with van der Waals surface area (Å²) in [5, 5.41) is 1.54. The van der Waals surface area contributed by atoms with E-state index in [1.165, 1.54) is 27.2 Å². The van der Waals surface area contributed by atoms with E-state index >= 15 is 0 Å². The molecule has 0 saturated carbocycles. The van der Waals surface area contributed by atoms with Gasteiger partial charge in [-0.3, -0.25) is 33.6 Å². The molecule has 348 valence electrons. The van der Waals surface area contributed by atoms with Crippen LogP contribution in [-0.4, -0.2) is 90.8 Å². The van der Waals surface area contributed by atoms with Crippen LogP contribution in [0.4, 0.5) is 22.7 Å². The number of aliphatic imine (C=N–C) groups is 1. The number of ketones is 1. The number of anilines is 3. The standard InChI is InChI=1S/C49H54N4O10S3/c1-29-21-38-39(27-42(29)62-18-8-19-63-44-24-31-12-14-35-22-32-9-6-7-10-40(32)52(35)47(56)37(31)26-43(44)61-5)50-28-36-23-33-11-13-34(25-41(33)53(36)48(38)57)51-46(55)15-17-49(3,4)65-64-20-16-45(30(2)54)66(58,59)60/h6-7,9-11,13,21,24-28,35-36,45H,8,12,14-20,22-23H2,1-5H3,(H,51,55)(H,58,59,60)/t35-,36+,45?/m1/s1. The molecule has 8 rings (SSSR count). The molecule has 0 spiro atoms. The fourth-order valence-electron chi connectivity index (χ4n) is 9.04. The highest BCUT2D eigenvalue weighted by Gasteiger charge is 2.39. The molecule has 17 heteroatoms. The van der Waals surface area contributed by atoms with E-state index < -0.39 is 21.2 Å². The summed E-state index contributed by atoms with van der Waals surface area (Å²) in [5.74, 6) is 1.06. The SMILES string of the molecule is COc1cc2c(cc1OCCCOc1cc3c(cc1C)C(=O)N1c4cc(NC(=O)CCC(C)(C)SSCCC(C(C)=O)S(=O)(=O)O)ccc4C[C@H]1C=N3)CC[C@@H]1Cc3ccccc3N1C2=O. The molecule has 4 heterocycles. The number of nitrogens with zero attached hydrogens (tertiary/aromatic N) is 3. The second kappa shape index (κ2) is 19.5. The maximum absolute atomic E-state index is 14.2. The van der Waals surface area contributed by atoms with Crippen LogP contribution in [-0.2, 0) is 39.0 Å². The van der Waals surface area contributed by atoms with Gasteiger partial charge in [-0.1, -0.05) is 45.9 Å². The monoisotopic (exact) mass is 954 g/mol. The van der Waals surface area contributed by atoms with Gasteiger partial charge in [0.2, 0.25) is 5.91 Å². The van der Waals surface area contributed by atoms with E-state index in [9.17, 15) is 32.1 Å². The minimum absolute atomic E-state index is 0.00197. The first-order valence-corrected chi connectivity index (χ1v) is 25.9. The van der Waals surface area contributed by atoms with Crippen molar-refractivity contribution in [3.63, 3.8) is 0 Å². The van der Waals surface area contributed by atoms with Gasteiger partial charge in [-0.05, 0) is 118 Å². The summed E-state index contributed by atoms with van der Waals surface area (Å²) in [6, 6.07) is 20.9. The lowest BCUT2D eigenvalue weighted by molar-refractivity contribution is -0.117. The van der Waals surface area contributed by atoms with Crippen molar-refractivity contribution in [1.82, 2.24) is 0 Å². The van der Waals surface area contributed by atoms with Crippen molar-refractivity contribution in [1.29, 1.82) is 0 Å². The number of benzene rings is 4. The number of carbonyl (C=O) groups excluding carboxylic acids is 4. The fourth-order valence-corrected chi connectivity index (χ4v) is 12.7. The van der Waals surface area contributed by atoms with Crippen molar-refractivity contribution in [2.45, 2.75) is 101 Å². The first-order valence-electron chi connectivity index (χ1n) is 22.1. The van der Waals surface area contributed by atoms with Gasteiger partial charge < -0.3 is 24.4 Å². The zero-order valence-electron chi connectivity index (χ0n) is 37.6. The molecule has 0 aromatic heterocycles. The van der Waals surface area contributed by atoms with E-state index in [2.05, 4.69) is 11.4 Å². The highest BCUT2D eigenvalue weighted by atomic mass is 33.1. The number of fused-ring (bicyclic) bond motifs is 8. The number of carbonyl (C=O) groups is 4. The van der Waals surface area contributed by atoms with Crippen molar-refractivity contribution in [2.24, 2.45) is 4.99 Å². The van der Waals surface area contributed by atoms with E-state index in [1.54, 1.807) is 30.4 Å². The number of hydrogen-bond acceptors (Lipinski definition) is 12. The van der Waals surface area contributed by atoms with Crippen LogP contribution < -0.4 is 29.3 Å². The van der Waals surface area contributed by atoms with Crippen molar-refractivity contribution in [3.05, 3.63) is 100 Å². The summed E-state index contributed by atoms with van der Waals surface area (Å²) in [7, 11) is 0.0138. The first kappa shape index (κ1) is 47.1. The molecule has 2 N–H and O–H groups in total. The molecule has 0 fully saturated rings. The third-order valence-electron chi connectivity index (χ3n) is 12.5. The Bertz CT molecular complexity index is 2720. The number of Topliss-reactive ketones (excluding diaryl/α,β-unsaturated/α-hetero) is 1. The molecule has 14 nitrogen and oxygen atoms in total. The van der Waals surface area contributed by atoms with Crippen molar-refractivity contribution in [2.75, 3.05) is 41.2 Å². The lowest BCUT2D eigenvalue weighted by atomic mass is 9.99. The number of aryl methyl sites for hydroxylation is 2. The van der Waals surface area contributed by atoms with Gasteiger partial charge in [-0.25, -0.2) is 0 Å². The zero-order chi connectivity index (χ0) is 46.9. The van der Waals surface area contributed by atoms with Crippen LogP contribution in [0.3, 0.4) is 0 Å². The lowest BCUT2D eigenvalue weighted by Crippen LogP contribution is -2.37. The predicted octanol–water partition coefficient (Wildman–Crippen LogP) is 8.77. The Morgan fingerprint density at radius 2 is 1.65 bits per heavy atom. The molecular formula is C49H54N4O10S3. The second-order valence-electron chi connectivity index (χ2n) is 17.7. The molecule has 4 aromatic carbocycles. The smallest absolute Gasteiger partial charge is 0.274 e. The van der Waals surface area contributed by atoms with E-state index in [0.29, 0.717) is 83.7 Å². The van der Waals surface area contributed by atoms with Crippen LogP contribution in [0.25, 0.3) is 0 Å². The molecule has 66 heavy (non-hydrogen) atoms. The average molecular weight is 955 g/mol. The van der Waals surface area contributed by atoms with Gasteiger partial charge in [0.1, 0.15) is 16.8 Å². The van der Waals surface area contributed by atoms with Crippen LogP contribution in [0.15, 0.2) is 71.7 Å². The number of nitrogens with one attached hydrogen (secondary N) is 1. The van der Waals surface area contributed by atoms with Crippen LogP contribution >= 0.6 is 21.6 Å². The maximum Gasteiger partial charge on any atom is 0.274 e. The first-order chi connectivity index (χ1) is 31.5. The van der Waals surface area contributed by atoms with Gasteiger partial charge >= 0.3 is 0 Å². The molecule has 4 aromatic rings. The van der Waals surface area contributed by atoms with Gasteiger partial charge in [0.15, 0.2) is 11.5 Å². The van der Waals surface area contributed by atoms with E-state index in [4.69, 9.17) is 19.2 Å². The summed E-state index contributed by atoms with van der Waals surface area (Å²) in [5.41, 5.74) is 7.79. The Hall–Kier alpha value is -5.36. The van der Waals surface area contributed by atoms with E-state index in [0.717, 1.165) is 48.6 Å². The summed E-state index contributed by atoms with van der Waals surface area (Å²) in [6.45, 7) is 7.72. The van der Waals surface area contributed by atoms with Gasteiger partial charge in [0.25, 0.3) is 21.9 Å². The van der Waals surface area contributed by atoms with Crippen molar-refractivity contribution in [3.8, 4) is 17.2 Å². The van der Waals surface area contributed by atoms with Gasteiger partial charge in [-0.2, -0.15) is 8.42 Å². The number of para-hydroxylation sites is 1. The lowest BCUT2D eigenvalue weighted by Gasteiger charge is -2.23. The summed E-state index contributed by atoms with van der Waals surface area (Å²) in [4.78, 5) is 61.3. The van der Waals surface area contributed by atoms with Gasteiger partial charge in [0.05, 0.1) is 43.3 Å². The minimum Gasteiger partial charge on any atom is -0.493 e. The van der Waals surface area contributed by atoms with Crippen LogP contribution in [0.2, 0.25) is 0 Å². The molecule has 1 unspecified atom stereocenters. The average Bonchev–Trinajstić information content (AvgIpc) is 3.76. The summed E-state index contributed by atoms with van der Waals surface area (Å²) < 4.78 is 50.2. The molecule has 0 saturated heterocycles. The Labute approximate surface area is 393 Å². The Morgan fingerprint density at radius 3 is 2.41 bits per heavy atom. The molecule has 3 atom stereocenters. The second-order valence-corrected chi connectivity index (χ2v) is 22.5. The Morgan fingerprint density at radius 1 is 0.909 bits per heavy atom. The quantitative estimate of drug-likeness (QED) is 0.0551. The molecule has 3 amide bonds. The third kappa shape index (κ3) is 10.1. The zero-order valence-corrected chi connectivity index (χ0v) is 40.1. The molecule has 4 aliphatic rings. The normalized spacial score (nSPS) is 17.7. The van der Waals surface area contributed by atoms with Gasteiger partial charge in [-0.15, -0.1) is 0 Å². The molecule has 0 radical (unpaired) electrons. The van der Waals surface area contributed by atoms with Crippen molar-refractivity contribution < 1.29 is 46.4 Å². The largest absolute Gasteiger partial charge is 0.493 e. The highest BCUT2D eigenvalue weighted by Crippen LogP contribution is 2.43. The van der Waals surface area contributed by atoms with Crippen LogP contribution in [0, 0.1) is 6.92 Å². The molecular weight excluding hydrogens is 901 g/mol.